The van der Waals surface area contributed by atoms with Gasteiger partial charge in [-0.2, -0.15) is 0 Å². The van der Waals surface area contributed by atoms with Gasteiger partial charge in [-0.15, -0.1) is 12.4 Å². The molecular formula is C2H7ClNb2O. The quantitative estimate of drug-likeness (QED) is 0.631. The van der Waals surface area contributed by atoms with E-state index in [0.717, 1.165) is 0 Å². The van der Waals surface area contributed by atoms with Crippen LogP contribution in [0.3, 0.4) is 0 Å². The van der Waals surface area contributed by atoms with Crippen LogP contribution in [0.2, 0.25) is 0 Å². The zero-order chi connectivity index (χ0) is 2.71. The minimum Gasteiger partial charge on any atom is -0.397 e. The van der Waals surface area contributed by atoms with Crippen molar-refractivity contribution in [3.8, 4) is 0 Å². The topological polar surface area (TPSA) is 20.2 Å². The second-order valence-corrected chi connectivity index (χ2v) is 0.316. The first-order valence-electron chi connectivity index (χ1n) is 1.02. The van der Waals surface area contributed by atoms with Gasteiger partial charge in [0.1, 0.15) is 0 Å². The molecule has 1 nitrogen and oxygen atoms in total. The molecule has 2 radical (unpaired) electrons. The number of aliphatic hydroxyl groups is 1. The van der Waals surface area contributed by atoms with Crippen molar-refractivity contribution in [1.29, 1.82) is 0 Å². The van der Waals surface area contributed by atoms with E-state index < -0.39 is 0 Å². The Kier molecular flexibility index (Phi) is 124. The van der Waals surface area contributed by atoms with Crippen molar-refractivity contribution in [1.82, 2.24) is 0 Å². The molecule has 0 heterocycles. The number of hydrogen-bond acceptors (Lipinski definition) is 1. The van der Waals surface area contributed by atoms with Crippen LogP contribution in [-0.4, -0.2) is 11.7 Å². The third-order valence-corrected chi connectivity index (χ3v) is 0. The molecule has 6 heavy (non-hydrogen) atoms. The molecule has 0 saturated heterocycles. The second-order valence-electron chi connectivity index (χ2n) is 0.316. The fourth-order valence-corrected chi connectivity index (χ4v) is 0. The van der Waals surface area contributed by atoms with Crippen LogP contribution in [0, 0.1) is 0 Å². The fraction of sp³-hybridized carbons (Fsp3) is 1.00. The number of halogens is 1. The first kappa shape index (κ1) is 25.2. The van der Waals surface area contributed by atoms with Crippen molar-refractivity contribution in [2.24, 2.45) is 0 Å². The molecule has 0 rings (SSSR count). The summed E-state index contributed by atoms with van der Waals surface area (Å²) in [5.41, 5.74) is 0. The van der Waals surface area contributed by atoms with Gasteiger partial charge in [-0.3, -0.25) is 0 Å². The van der Waals surface area contributed by atoms with Crippen molar-refractivity contribution in [3.05, 3.63) is 0 Å². The van der Waals surface area contributed by atoms with Gasteiger partial charge >= 0.3 is 0 Å². The summed E-state index contributed by atoms with van der Waals surface area (Å²) in [6.45, 7) is 1.93. The Bertz CT molecular complexity index is 11.5. The minimum atomic E-state index is 0. The molecule has 0 spiro atoms. The third kappa shape index (κ3) is 42.8. The van der Waals surface area contributed by atoms with E-state index >= 15 is 0 Å². The van der Waals surface area contributed by atoms with Crippen LogP contribution in [0.15, 0.2) is 0 Å². The van der Waals surface area contributed by atoms with Crippen LogP contribution in [0.1, 0.15) is 6.92 Å². The van der Waals surface area contributed by atoms with Crippen LogP contribution in [0.4, 0.5) is 0 Å². The summed E-state index contributed by atoms with van der Waals surface area (Å²) in [5.74, 6) is 0. The molecule has 0 unspecified atom stereocenters. The molecule has 0 amide bonds. The van der Waals surface area contributed by atoms with Crippen molar-refractivity contribution in [3.63, 3.8) is 0 Å². The standard InChI is InChI=1S/C2H6O.ClH.2Nb/c1-2-3;;;/h3H,2H2,1H3;1H;;. The van der Waals surface area contributed by atoms with E-state index in [9.17, 15) is 0 Å². The summed E-state index contributed by atoms with van der Waals surface area (Å²) in [5, 5.41) is 7.57. The Morgan fingerprint density at radius 1 is 1.33 bits per heavy atom. The predicted octanol–water partition coefficient (Wildman–Crippen LogP) is 0.415. The molecule has 0 atom stereocenters. The third-order valence-electron chi connectivity index (χ3n) is 0. The molecule has 38 valence electrons. The Labute approximate surface area is 75.3 Å². The van der Waals surface area contributed by atoms with Crippen molar-refractivity contribution in [2.45, 2.75) is 6.92 Å². The molecule has 0 bridgehead atoms. The first-order chi connectivity index (χ1) is 1.41. The molecule has 0 saturated carbocycles. The SMILES string of the molecule is CCO.Cl.[Nb].[Nb]. The van der Waals surface area contributed by atoms with Crippen molar-refractivity contribution in [2.75, 3.05) is 6.61 Å². The molecule has 0 aliphatic rings. The van der Waals surface area contributed by atoms with Gasteiger partial charge < -0.3 is 5.11 Å². The Morgan fingerprint density at radius 2 is 1.33 bits per heavy atom. The Morgan fingerprint density at radius 3 is 1.33 bits per heavy atom. The van der Waals surface area contributed by atoms with Crippen LogP contribution >= 0.6 is 12.4 Å². The van der Waals surface area contributed by atoms with Gasteiger partial charge in [-0.1, -0.05) is 0 Å². The van der Waals surface area contributed by atoms with E-state index in [-0.39, 0.29) is 63.8 Å². The normalized spacial score (nSPS) is 3.00. The van der Waals surface area contributed by atoms with Gasteiger partial charge in [0.05, 0.1) is 0 Å². The van der Waals surface area contributed by atoms with Gasteiger partial charge in [0.25, 0.3) is 0 Å². The summed E-state index contributed by atoms with van der Waals surface area (Å²) in [4.78, 5) is 0. The average molecular weight is 268 g/mol. The minimum absolute atomic E-state index is 0. The predicted molar refractivity (Wildman–Crippen MR) is 20.0 cm³/mol. The number of aliphatic hydroxyl groups excluding tert-OH is 1. The van der Waals surface area contributed by atoms with Gasteiger partial charge in [0.15, 0.2) is 0 Å². The van der Waals surface area contributed by atoms with Crippen molar-refractivity contribution >= 4 is 12.4 Å². The maximum atomic E-state index is 7.57. The smallest absolute Gasteiger partial charge is 0.0402 e. The van der Waals surface area contributed by atoms with E-state index in [1.807, 2.05) is 0 Å². The number of rotatable bonds is 0. The monoisotopic (exact) mass is 268 g/mol. The number of hydrogen-bond donors (Lipinski definition) is 1. The molecule has 0 aromatic rings. The van der Waals surface area contributed by atoms with Gasteiger partial charge in [0.2, 0.25) is 0 Å². The van der Waals surface area contributed by atoms with E-state index in [2.05, 4.69) is 0 Å². The maximum absolute atomic E-state index is 7.57. The molecule has 0 aromatic heterocycles. The zero-order valence-electron chi connectivity index (χ0n) is 3.46. The first-order valence-corrected chi connectivity index (χ1v) is 1.02. The molecule has 4 heteroatoms. The van der Waals surface area contributed by atoms with E-state index in [4.69, 9.17) is 5.11 Å². The van der Waals surface area contributed by atoms with Crippen LogP contribution in [0.5, 0.6) is 0 Å². The molecule has 0 aliphatic heterocycles. The molecule has 0 aromatic carbocycles. The van der Waals surface area contributed by atoms with Gasteiger partial charge in [-0.05, 0) is 6.92 Å². The van der Waals surface area contributed by atoms with Crippen LogP contribution in [0.25, 0.3) is 0 Å². The summed E-state index contributed by atoms with van der Waals surface area (Å²) in [6.07, 6.45) is 0. The molecular weight excluding hydrogens is 261 g/mol. The Hall–Kier alpha value is 1.73. The average Bonchev–Trinajstić information content (AvgIpc) is 0.918. The van der Waals surface area contributed by atoms with Crippen molar-refractivity contribution < 1.29 is 49.9 Å². The largest absolute Gasteiger partial charge is 0.397 e. The molecule has 0 aliphatic carbocycles. The second kappa shape index (κ2) is 29.6. The fourth-order valence-electron chi connectivity index (χ4n) is 0. The van der Waals surface area contributed by atoms with E-state index in [1.165, 1.54) is 0 Å². The Balaban J connectivity index is -0.00000000667. The van der Waals surface area contributed by atoms with E-state index in [1.54, 1.807) is 6.92 Å². The van der Waals surface area contributed by atoms with Gasteiger partial charge in [0, 0.05) is 51.4 Å². The zero-order valence-corrected chi connectivity index (χ0v) is 8.67. The molecule has 1 N–H and O–H groups in total. The summed E-state index contributed by atoms with van der Waals surface area (Å²) in [7, 11) is 0. The van der Waals surface area contributed by atoms with E-state index in [0.29, 0.717) is 0 Å². The van der Waals surface area contributed by atoms with Gasteiger partial charge in [-0.25, -0.2) is 0 Å². The maximum Gasteiger partial charge on any atom is 0.0402 e. The summed E-state index contributed by atoms with van der Waals surface area (Å²) >= 11 is 0. The molecule has 0 fully saturated rings. The van der Waals surface area contributed by atoms with Crippen LogP contribution < -0.4 is 0 Å². The summed E-state index contributed by atoms with van der Waals surface area (Å²) in [6, 6.07) is 0. The summed E-state index contributed by atoms with van der Waals surface area (Å²) < 4.78 is 0. The van der Waals surface area contributed by atoms with Crippen LogP contribution in [-0.2, 0) is 44.8 Å².